The van der Waals surface area contributed by atoms with Crippen LogP contribution >= 0.6 is 11.3 Å². The Morgan fingerprint density at radius 3 is 2.42 bits per heavy atom. The molecule has 0 bridgehead atoms. The molecule has 0 radical (unpaired) electrons. The molecule has 1 aliphatic heterocycles. The van der Waals surface area contributed by atoms with Gasteiger partial charge < -0.3 is 10.4 Å². The zero-order valence-electron chi connectivity index (χ0n) is 19.5. The second kappa shape index (κ2) is 10.6. The molecule has 0 aliphatic carbocycles. The molecule has 11 heteroatoms. The summed E-state index contributed by atoms with van der Waals surface area (Å²) in [6.07, 6.45) is 0. The first-order chi connectivity index (χ1) is 17.2. The van der Waals surface area contributed by atoms with E-state index in [2.05, 4.69) is 10.2 Å². The predicted molar refractivity (Wildman–Crippen MR) is 136 cm³/mol. The van der Waals surface area contributed by atoms with Gasteiger partial charge in [0.25, 0.3) is 5.91 Å². The third-order valence-corrected chi connectivity index (χ3v) is 9.12. The Hall–Kier alpha value is -3.56. The van der Waals surface area contributed by atoms with Gasteiger partial charge in [0.05, 0.1) is 32.7 Å². The highest BCUT2D eigenvalue weighted by Gasteiger charge is 2.31. The van der Waals surface area contributed by atoms with E-state index in [9.17, 15) is 23.1 Å². The Morgan fingerprint density at radius 1 is 1.08 bits per heavy atom. The van der Waals surface area contributed by atoms with Gasteiger partial charge in [0.1, 0.15) is 0 Å². The number of carbonyl (C=O) groups is 2. The second-order valence-electron chi connectivity index (χ2n) is 8.33. The number of hydrogen-bond donors (Lipinski definition) is 2. The lowest BCUT2D eigenvalue weighted by molar-refractivity contribution is 0.0698. The lowest BCUT2D eigenvalue weighted by atomic mass is 10.1. The van der Waals surface area contributed by atoms with Gasteiger partial charge in [-0.3, -0.25) is 9.69 Å². The number of amides is 1. The topological polar surface area (TPSA) is 131 Å². The number of sulfonamides is 1. The van der Waals surface area contributed by atoms with Gasteiger partial charge in [-0.25, -0.2) is 13.2 Å². The number of aryl methyl sites for hydroxylation is 1. The van der Waals surface area contributed by atoms with E-state index in [1.807, 2.05) is 36.4 Å². The number of carboxylic acids is 1. The molecule has 186 valence electrons. The fourth-order valence-electron chi connectivity index (χ4n) is 4.03. The van der Waals surface area contributed by atoms with E-state index in [0.717, 1.165) is 17.9 Å². The summed E-state index contributed by atoms with van der Waals surface area (Å²) >= 11 is 1.03. The maximum atomic E-state index is 13.4. The van der Waals surface area contributed by atoms with Crippen molar-refractivity contribution >= 4 is 38.9 Å². The fraction of sp³-hybridized carbons (Fsp3) is 0.240. The lowest BCUT2D eigenvalue weighted by Gasteiger charge is -2.34. The molecule has 0 unspecified atom stereocenters. The van der Waals surface area contributed by atoms with Crippen LogP contribution in [0.2, 0.25) is 0 Å². The summed E-state index contributed by atoms with van der Waals surface area (Å²) in [4.78, 5) is 27.3. The van der Waals surface area contributed by atoms with E-state index >= 15 is 0 Å². The number of nitriles is 1. The van der Waals surface area contributed by atoms with Crippen molar-refractivity contribution in [2.45, 2.75) is 18.4 Å². The van der Waals surface area contributed by atoms with Crippen molar-refractivity contribution in [1.82, 2.24) is 9.21 Å². The highest BCUT2D eigenvalue weighted by Crippen LogP contribution is 2.30. The normalized spacial score (nSPS) is 14.8. The lowest BCUT2D eigenvalue weighted by Crippen LogP contribution is -2.48. The zero-order valence-corrected chi connectivity index (χ0v) is 21.1. The van der Waals surface area contributed by atoms with E-state index in [-0.39, 0.29) is 26.6 Å². The molecule has 0 saturated carbocycles. The number of hydrogen-bond acceptors (Lipinski definition) is 7. The summed E-state index contributed by atoms with van der Waals surface area (Å²) in [5.74, 6) is -1.91. The number of piperazine rings is 1. The van der Waals surface area contributed by atoms with Crippen LogP contribution in [0.25, 0.3) is 0 Å². The van der Waals surface area contributed by atoms with Crippen LogP contribution < -0.4 is 5.32 Å². The van der Waals surface area contributed by atoms with Gasteiger partial charge in [-0.15, -0.1) is 11.3 Å². The largest absolute Gasteiger partial charge is 0.478 e. The number of anilines is 1. The van der Waals surface area contributed by atoms with Gasteiger partial charge >= 0.3 is 5.97 Å². The standard InChI is InChI=1S/C25H24N4O5S2/c1-17-23(36(33,34)29-11-9-28(10-12-29)16-18-5-3-2-4-6-18)14-22(35-17)24(30)27-21-8-7-19(15-26)13-20(21)25(31)32/h2-8,13-14H,9-12,16H2,1H3,(H,27,30)(H,31,32). The SMILES string of the molecule is Cc1sc(C(=O)Nc2ccc(C#N)cc2C(=O)O)cc1S(=O)(=O)N1CCN(Cc2ccccc2)CC1. The second-order valence-corrected chi connectivity index (χ2v) is 11.5. The number of aromatic carboxylic acids is 1. The summed E-state index contributed by atoms with van der Waals surface area (Å²) in [5.41, 5.74) is 1.12. The molecule has 2 N–H and O–H groups in total. The highest BCUT2D eigenvalue weighted by atomic mass is 32.2. The van der Waals surface area contributed by atoms with Crippen LogP contribution in [0.3, 0.4) is 0 Å². The van der Waals surface area contributed by atoms with Gasteiger partial charge in [-0.1, -0.05) is 30.3 Å². The number of rotatable bonds is 7. The highest BCUT2D eigenvalue weighted by molar-refractivity contribution is 7.89. The minimum Gasteiger partial charge on any atom is -0.478 e. The van der Waals surface area contributed by atoms with E-state index < -0.39 is 21.9 Å². The van der Waals surface area contributed by atoms with E-state index in [0.29, 0.717) is 31.1 Å². The average Bonchev–Trinajstić information content (AvgIpc) is 3.28. The molecular formula is C25H24N4O5S2. The molecule has 1 aliphatic rings. The van der Waals surface area contributed by atoms with E-state index in [1.54, 1.807) is 6.92 Å². The van der Waals surface area contributed by atoms with Crippen molar-refractivity contribution in [3.05, 3.63) is 81.0 Å². The Morgan fingerprint density at radius 2 is 1.78 bits per heavy atom. The number of thiophene rings is 1. The quantitative estimate of drug-likeness (QED) is 0.484. The van der Waals surface area contributed by atoms with Crippen molar-refractivity contribution in [1.29, 1.82) is 5.26 Å². The molecule has 0 atom stereocenters. The van der Waals surface area contributed by atoms with Crippen molar-refractivity contribution < 1.29 is 23.1 Å². The molecule has 4 rings (SSSR count). The van der Waals surface area contributed by atoms with Crippen LogP contribution in [-0.2, 0) is 16.6 Å². The molecule has 2 heterocycles. The van der Waals surface area contributed by atoms with Crippen molar-refractivity contribution in [2.75, 3.05) is 31.5 Å². The first kappa shape index (κ1) is 25.5. The van der Waals surface area contributed by atoms with Crippen molar-refractivity contribution in [3.8, 4) is 6.07 Å². The monoisotopic (exact) mass is 524 g/mol. The van der Waals surface area contributed by atoms with Crippen LogP contribution in [0.15, 0.2) is 59.5 Å². The van der Waals surface area contributed by atoms with Gasteiger partial charge in [-0.2, -0.15) is 9.57 Å². The molecule has 1 fully saturated rings. The molecule has 36 heavy (non-hydrogen) atoms. The Kier molecular flexibility index (Phi) is 7.51. The first-order valence-electron chi connectivity index (χ1n) is 11.1. The van der Waals surface area contributed by atoms with E-state index in [1.165, 1.54) is 34.1 Å². The van der Waals surface area contributed by atoms with E-state index in [4.69, 9.17) is 5.26 Å². The maximum Gasteiger partial charge on any atom is 0.337 e. The molecule has 0 spiro atoms. The first-order valence-corrected chi connectivity index (χ1v) is 13.4. The number of carbonyl (C=O) groups excluding carboxylic acids is 1. The third kappa shape index (κ3) is 5.47. The minimum atomic E-state index is -3.80. The van der Waals surface area contributed by atoms with Gasteiger partial charge in [0, 0.05) is 37.6 Å². The minimum absolute atomic E-state index is 0.0245. The smallest absolute Gasteiger partial charge is 0.337 e. The molecular weight excluding hydrogens is 500 g/mol. The third-order valence-electron chi connectivity index (χ3n) is 5.92. The zero-order chi connectivity index (χ0) is 25.9. The van der Waals surface area contributed by atoms with Gasteiger partial charge in [0.2, 0.25) is 10.0 Å². The average molecular weight is 525 g/mol. The van der Waals surface area contributed by atoms with Crippen molar-refractivity contribution in [2.24, 2.45) is 0 Å². The van der Waals surface area contributed by atoms with Crippen LogP contribution in [0.4, 0.5) is 5.69 Å². The molecule has 3 aromatic rings. The van der Waals surface area contributed by atoms with Crippen molar-refractivity contribution in [3.63, 3.8) is 0 Å². The van der Waals surface area contributed by atoms with Gasteiger partial charge in [-0.05, 0) is 36.8 Å². The Balaban J connectivity index is 1.47. The molecule has 1 amide bonds. The molecule has 1 saturated heterocycles. The van der Waals surface area contributed by atoms with Crippen LogP contribution in [0.1, 0.15) is 36.0 Å². The number of carboxylic acid groups (broad SMARTS) is 1. The summed E-state index contributed by atoms with van der Waals surface area (Å²) in [7, 11) is -3.80. The Bertz CT molecular complexity index is 1440. The summed E-state index contributed by atoms with van der Waals surface area (Å²) in [5, 5.41) is 20.9. The van der Waals surface area contributed by atoms with Crippen LogP contribution in [0.5, 0.6) is 0 Å². The van der Waals surface area contributed by atoms with Crippen LogP contribution in [-0.4, -0.2) is 60.8 Å². The summed E-state index contributed by atoms with van der Waals surface area (Å²) < 4.78 is 28.1. The fourth-order valence-corrected chi connectivity index (χ4v) is 6.90. The summed E-state index contributed by atoms with van der Waals surface area (Å²) in [6.45, 7) is 4.29. The number of benzene rings is 2. The number of nitrogens with one attached hydrogen (secondary N) is 1. The maximum absolute atomic E-state index is 13.4. The molecule has 2 aromatic carbocycles. The van der Waals surface area contributed by atoms with Gasteiger partial charge in [0.15, 0.2) is 0 Å². The number of nitrogens with zero attached hydrogens (tertiary/aromatic N) is 3. The summed E-state index contributed by atoms with van der Waals surface area (Å²) in [6, 6.07) is 17.1. The molecule has 1 aromatic heterocycles. The predicted octanol–water partition coefficient (Wildman–Crippen LogP) is 3.39. The Labute approximate surface area is 213 Å². The molecule has 9 nitrogen and oxygen atoms in total. The van der Waals surface area contributed by atoms with Crippen LogP contribution in [0, 0.1) is 18.3 Å².